The van der Waals surface area contributed by atoms with Crippen LogP contribution in [0.3, 0.4) is 0 Å². The second kappa shape index (κ2) is 16.6. The molecule has 0 fully saturated rings. The number of carbonyl (C=O) groups excluding carboxylic acids is 1. The molecule has 0 bridgehead atoms. The molecule has 1 atom stereocenters. The van der Waals surface area contributed by atoms with E-state index in [0.29, 0.717) is 24.3 Å². The number of hydrogen-bond donors (Lipinski definition) is 4. The molecule has 0 aromatic heterocycles. The summed E-state index contributed by atoms with van der Waals surface area (Å²) in [5.41, 5.74) is 1.20. The lowest BCUT2D eigenvalue weighted by atomic mass is 9.94. The van der Waals surface area contributed by atoms with Crippen LogP contribution in [-0.2, 0) is 11.2 Å². The fourth-order valence-corrected chi connectivity index (χ4v) is 2.93. The van der Waals surface area contributed by atoms with Gasteiger partial charge in [0.1, 0.15) is 6.54 Å². The van der Waals surface area contributed by atoms with Gasteiger partial charge in [0.25, 0.3) is 0 Å². The van der Waals surface area contributed by atoms with E-state index in [9.17, 15) is 9.90 Å². The molecule has 0 saturated heterocycles. The molecule has 0 saturated carbocycles. The molecule has 6 nitrogen and oxygen atoms in total. The molecule has 0 spiro atoms. The van der Waals surface area contributed by atoms with Gasteiger partial charge in [0.2, 0.25) is 5.91 Å². The van der Waals surface area contributed by atoms with Gasteiger partial charge >= 0.3 is 0 Å². The molecule has 0 aliphatic rings. The fourth-order valence-electron chi connectivity index (χ4n) is 2.93. The summed E-state index contributed by atoms with van der Waals surface area (Å²) in [6, 6.07) is 10.1. The third-order valence-electron chi connectivity index (χ3n) is 4.20. The van der Waals surface area contributed by atoms with Crippen molar-refractivity contribution < 1.29 is 9.90 Å². The molecule has 4 N–H and O–H groups in total. The Morgan fingerprint density at radius 1 is 1.14 bits per heavy atom. The van der Waals surface area contributed by atoms with E-state index in [2.05, 4.69) is 46.9 Å². The lowest BCUT2D eigenvalue weighted by Crippen LogP contribution is -2.41. The van der Waals surface area contributed by atoms with Gasteiger partial charge in [0.15, 0.2) is 5.96 Å². The Labute approximate surface area is 187 Å². The van der Waals surface area contributed by atoms with E-state index in [1.807, 2.05) is 25.1 Å². The number of carbonyl (C=O) groups is 1. The van der Waals surface area contributed by atoms with Crippen LogP contribution in [0, 0.1) is 11.8 Å². The first-order chi connectivity index (χ1) is 13.0. The van der Waals surface area contributed by atoms with E-state index in [4.69, 9.17) is 0 Å². The number of benzene rings is 1. The Balaban J connectivity index is 0.00000729. The van der Waals surface area contributed by atoms with Crippen LogP contribution < -0.4 is 16.0 Å². The van der Waals surface area contributed by atoms with E-state index in [0.717, 1.165) is 32.4 Å². The summed E-state index contributed by atoms with van der Waals surface area (Å²) in [5, 5.41) is 18.6. The summed E-state index contributed by atoms with van der Waals surface area (Å²) in [6.45, 7) is 8.73. The number of aliphatic hydroxyl groups excluding tert-OH is 1. The number of guanidine groups is 1. The predicted octanol–water partition coefficient (Wildman–Crippen LogP) is 2.56. The van der Waals surface area contributed by atoms with Crippen molar-refractivity contribution >= 4 is 35.8 Å². The molecule has 0 radical (unpaired) electrons. The average molecular weight is 504 g/mol. The first kappa shape index (κ1) is 26.6. The predicted molar refractivity (Wildman–Crippen MR) is 127 cm³/mol. The summed E-state index contributed by atoms with van der Waals surface area (Å²) in [7, 11) is 0. The van der Waals surface area contributed by atoms with Crippen LogP contribution in [0.1, 0.15) is 39.2 Å². The first-order valence-corrected chi connectivity index (χ1v) is 9.98. The molecule has 0 aliphatic heterocycles. The number of nitrogens with one attached hydrogen (secondary N) is 3. The highest BCUT2D eigenvalue weighted by atomic mass is 127. The Morgan fingerprint density at radius 2 is 1.86 bits per heavy atom. The van der Waals surface area contributed by atoms with E-state index < -0.39 is 0 Å². The number of nitrogens with zero attached hydrogens (tertiary/aromatic N) is 1. The third-order valence-corrected chi connectivity index (χ3v) is 4.20. The van der Waals surface area contributed by atoms with Crippen molar-refractivity contribution in [3.8, 4) is 0 Å². The van der Waals surface area contributed by atoms with Crippen molar-refractivity contribution in [1.82, 2.24) is 16.0 Å². The summed E-state index contributed by atoms with van der Waals surface area (Å²) < 4.78 is 0. The van der Waals surface area contributed by atoms with E-state index >= 15 is 0 Å². The van der Waals surface area contributed by atoms with Gasteiger partial charge < -0.3 is 21.1 Å². The van der Waals surface area contributed by atoms with Crippen LogP contribution in [0.15, 0.2) is 35.3 Å². The van der Waals surface area contributed by atoms with Gasteiger partial charge in [-0.15, -0.1) is 24.0 Å². The highest BCUT2D eigenvalue weighted by Gasteiger charge is 2.11. The molecule has 0 aliphatic carbocycles. The van der Waals surface area contributed by atoms with Gasteiger partial charge in [0, 0.05) is 26.2 Å². The Bertz CT molecular complexity index is 553. The van der Waals surface area contributed by atoms with Gasteiger partial charge in [-0.05, 0) is 43.6 Å². The van der Waals surface area contributed by atoms with Crippen LogP contribution in [0.4, 0.5) is 0 Å². The van der Waals surface area contributed by atoms with Gasteiger partial charge in [0.05, 0.1) is 0 Å². The first-order valence-electron chi connectivity index (χ1n) is 9.98. The van der Waals surface area contributed by atoms with E-state index in [1.54, 1.807) is 0 Å². The lowest BCUT2D eigenvalue weighted by Gasteiger charge is -2.20. The van der Waals surface area contributed by atoms with Crippen LogP contribution in [0.5, 0.6) is 0 Å². The average Bonchev–Trinajstić information content (AvgIpc) is 2.64. The topological polar surface area (TPSA) is 85.8 Å². The van der Waals surface area contributed by atoms with Gasteiger partial charge in [-0.1, -0.05) is 44.2 Å². The Morgan fingerprint density at radius 3 is 2.46 bits per heavy atom. The zero-order chi connectivity index (χ0) is 19.9. The maximum Gasteiger partial charge on any atom is 0.241 e. The van der Waals surface area contributed by atoms with E-state index in [-0.39, 0.29) is 43.0 Å². The highest BCUT2D eigenvalue weighted by molar-refractivity contribution is 14.0. The van der Waals surface area contributed by atoms with Gasteiger partial charge in [-0.3, -0.25) is 4.79 Å². The Kier molecular flexibility index (Phi) is 15.8. The van der Waals surface area contributed by atoms with Crippen molar-refractivity contribution in [2.75, 3.05) is 32.8 Å². The Hall–Kier alpha value is -1.35. The zero-order valence-corrected chi connectivity index (χ0v) is 19.7. The molecule has 1 amide bonds. The molecule has 0 heterocycles. The second-order valence-electron chi connectivity index (χ2n) is 7.17. The van der Waals surface area contributed by atoms with Crippen molar-refractivity contribution in [3.63, 3.8) is 0 Å². The van der Waals surface area contributed by atoms with E-state index in [1.165, 1.54) is 5.56 Å². The van der Waals surface area contributed by atoms with Crippen LogP contribution >= 0.6 is 24.0 Å². The van der Waals surface area contributed by atoms with Crippen LogP contribution in [-0.4, -0.2) is 49.8 Å². The number of hydrogen-bond acceptors (Lipinski definition) is 3. The van der Waals surface area contributed by atoms with Gasteiger partial charge in [-0.2, -0.15) is 0 Å². The summed E-state index contributed by atoms with van der Waals surface area (Å²) >= 11 is 0. The smallest absolute Gasteiger partial charge is 0.241 e. The van der Waals surface area contributed by atoms with Crippen LogP contribution in [0.25, 0.3) is 0 Å². The maximum absolute atomic E-state index is 12.0. The third kappa shape index (κ3) is 12.9. The minimum absolute atomic E-state index is 0. The highest BCUT2D eigenvalue weighted by Crippen LogP contribution is 2.14. The molecule has 28 heavy (non-hydrogen) atoms. The molecule has 7 heteroatoms. The number of aliphatic hydroxyl groups is 1. The standard InChI is InChI=1S/C21H36N4O2.HI/c1-4-22-21(24-15-19(11-13-26)14-17(2)3)25-16-20(27)23-12-10-18-8-6-5-7-9-18;/h5-9,17,19,26H,4,10-16H2,1-3H3,(H,23,27)(H2,22,24,25);1H. The fraction of sp³-hybridized carbons (Fsp3) is 0.619. The van der Waals surface area contributed by atoms with Crippen molar-refractivity contribution in [3.05, 3.63) is 35.9 Å². The van der Waals surface area contributed by atoms with Crippen molar-refractivity contribution in [2.45, 2.75) is 40.0 Å². The molecule has 1 aromatic rings. The number of halogens is 1. The molecule has 1 aromatic carbocycles. The minimum Gasteiger partial charge on any atom is -0.396 e. The molecule has 160 valence electrons. The zero-order valence-electron chi connectivity index (χ0n) is 17.4. The molecule has 1 rings (SSSR count). The van der Waals surface area contributed by atoms with Crippen molar-refractivity contribution in [1.29, 1.82) is 0 Å². The number of rotatable bonds is 12. The van der Waals surface area contributed by atoms with Gasteiger partial charge in [-0.25, -0.2) is 4.99 Å². The molecular formula is C21H37IN4O2. The second-order valence-corrected chi connectivity index (χ2v) is 7.17. The van der Waals surface area contributed by atoms with Crippen molar-refractivity contribution in [2.24, 2.45) is 16.8 Å². The normalized spacial score (nSPS) is 12.2. The SMILES string of the molecule is CCNC(=NCC(=O)NCCc1ccccc1)NCC(CCO)CC(C)C.I. The summed E-state index contributed by atoms with van der Waals surface area (Å²) in [4.78, 5) is 16.4. The largest absolute Gasteiger partial charge is 0.396 e. The molecular weight excluding hydrogens is 467 g/mol. The number of aliphatic imine (C=N–C) groups is 1. The van der Waals surface area contributed by atoms with Crippen LogP contribution in [0.2, 0.25) is 0 Å². The summed E-state index contributed by atoms with van der Waals surface area (Å²) in [6.07, 6.45) is 2.63. The summed E-state index contributed by atoms with van der Waals surface area (Å²) in [5.74, 6) is 1.52. The quantitative estimate of drug-likeness (QED) is 0.200. The maximum atomic E-state index is 12.0. The lowest BCUT2D eigenvalue weighted by molar-refractivity contribution is -0.119. The monoisotopic (exact) mass is 504 g/mol. The molecule has 1 unspecified atom stereocenters. The minimum atomic E-state index is -0.0859. The number of amides is 1.